The topological polar surface area (TPSA) is 93.5 Å². The van der Waals surface area contributed by atoms with E-state index in [0.29, 0.717) is 5.56 Å². The molecule has 0 saturated carbocycles. The summed E-state index contributed by atoms with van der Waals surface area (Å²) in [5.41, 5.74) is 5.45. The molecule has 0 spiro atoms. The van der Waals surface area contributed by atoms with E-state index in [2.05, 4.69) is 15.4 Å². The van der Waals surface area contributed by atoms with Crippen LogP contribution in [0.4, 0.5) is 13.2 Å². The monoisotopic (exact) mass is 355 g/mol. The molecular weight excluding hydrogens is 339 g/mol. The summed E-state index contributed by atoms with van der Waals surface area (Å²) < 4.78 is 41.1. The molecule has 0 aliphatic rings. The molecule has 0 heterocycles. The standard InChI is InChI=1S/C13H16F3N3O3.ClH/c14-13(15,16)8-22-10-4-2-1-3-9(10)6-18-12(21)7-19-11(20)5-17;/h1-4H,5-8,17H2,(H,18,21)(H,19,20);1H. The predicted octanol–water partition coefficient (Wildman–Crippen LogP) is 0.741. The summed E-state index contributed by atoms with van der Waals surface area (Å²) in [6, 6.07) is 6.05. The summed E-state index contributed by atoms with van der Waals surface area (Å²) in [7, 11) is 0. The maximum Gasteiger partial charge on any atom is 0.422 e. The van der Waals surface area contributed by atoms with Crippen molar-refractivity contribution in [3.63, 3.8) is 0 Å². The molecule has 0 radical (unpaired) electrons. The molecule has 0 atom stereocenters. The van der Waals surface area contributed by atoms with Gasteiger partial charge < -0.3 is 21.1 Å². The van der Waals surface area contributed by atoms with Crippen molar-refractivity contribution in [3.8, 4) is 5.75 Å². The molecule has 0 saturated heterocycles. The Balaban J connectivity index is 0.00000484. The maximum atomic E-state index is 12.2. The Morgan fingerprint density at radius 2 is 1.78 bits per heavy atom. The molecule has 10 heteroatoms. The van der Waals surface area contributed by atoms with Crippen LogP contribution in [0.2, 0.25) is 0 Å². The minimum atomic E-state index is -4.44. The first-order valence-electron chi connectivity index (χ1n) is 6.32. The summed E-state index contributed by atoms with van der Waals surface area (Å²) in [5.74, 6) is -0.942. The highest BCUT2D eigenvalue weighted by atomic mass is 35.5. The van der Waals surface area contributed by atoms with Crippen molar-refractivity contribution in [1.82, 2.24) is 10.6 Å². The van der Waals surface area contributed by atoms with Crippen LogP contribution in [0.3, 0.4) is 0 Å². The predicted molar refractivity (Wildman–Crippen MR) is 79.2 cm³/mol. The lowest BCUT2D eigenvalue weighted by Crippen LogP contribution is -2.39. The smallest absolute Gasteiger partial charge is 0.422 e. The van der Waals surface area contributed by atoms with Gasteiger partial charge in [0.15, 0.2) is 6.61 Å². The Morgan fingerprint density at radius 1 is 1.13 bits per heavy atom. The number of ether oxygens (including phenoxy) is 1. The van der Waals surface area contributed by atoms with Crippen LogP contribution in [0.1, 0.15) is 5.56 Å². The van der Waals surface area contributed by atoms with E-state index in [9.17, 15) is 22.8 Å². The van der Waals surface area contributed by atoms with Gasteiger partial charge >= 0.3 is 6.18 Å². The fourth-order valence-electron chi connectivity index (χ4n) is 1.46. The lowest BCUT2D eigenvalue weighted by Gasteiger charge is -2.13. The second kappa shape index (κ2) is 9.90. The summed E-state index contributed by atoms with van der Waals surface area (Å²) in [6.45, 7) is -1.93. The lowest BCUT2D eigenvalue weighted by atomic mass is 10.2. The summed E-state index contributed by atoms with van der Waals surface area (Å²) in [4.78, 5) is 22.4. The number of halogens is 4. The van der Waals surface area contributed by atoms with Gasteiger partial charge in [0.1, 0.15) is 5.75 Å². The van der Waals surface area contributed by atoms with Gasteiger partial charge in [-0.25, -0.2) is 0 Å². The van der Waals surface area contributed by atoms with Crippen LogP contribution >= 0.6 is 12.4 Å². The maximum absolute atomic E-state index is 12.2. The Labute approximate surface area is 137 Å². The number of benzene rings is 1. The summed E-state index contributed by atoms with van der Waals surface area (Å²) in [6.07, 6.45) is -4.44. The number of nitrogens with one attached hydrogen (secondary N) is 2. The number of para-hydroxylation sites is 1. The molecule has 0 aliphatic heterocycles. The first kappa shape index (κ1) is 21.0. The minimum absolute atomic E-state index is 0. The fourth-order valence-corrected chi connectivity index (χ4v) is 1.46. The number of hydrogen-bond acceptors (Lipinski definition) is 4. The van der Waals surface area contributed by atoms with E-state index < -0.39 is 24.6 Å². The van der Waals surface area contributed by atoms with Gasteiger partial charge in [-0.15, -0.1) is 12.4 Å². The van der Waals surface area contributed by atoms with Gasteiger partial charge in [-0.3, -0.25) is 9.59 Å². The third-order valence-electron chi connectivity index (χ3n) is 2.47. The fraction of sp³-hybridized carbons (Fsp3) is 0.385. The molecular formula is C13H17ClF3N3O3. The van der Waals surface area contributed by atoms with Gasteiger partial charge in [0.2, 0.25) is 11.8 Å². The highest BCUT2D eigenvalue weighted by Gasteiger charge is 2.28. The van der Waals surface area contributed by atoms with Gasteiger partial charge in [0.25, 0.3) is 0 Å². The van der Waals surface area contributed by atoms with Gasteiger partial charge in [-0.2, -0.15) is 13.2 Å². The lowest BCUT2D eigenvalue weighted by molar-refractivity contribution is -0.153. The van der Waals surface area contributed by atoms with Gasteiger partial charge in [0, 0.05) is 12.1 Å². The van der Waals surface area contributed by atoms with Crippen LogP contribution < -0.4 is 21.1 Å². The minimum Gasteiger partial charge on any atom is -0.484 e. The molecule has 4 N–H and O–H groups in total. The van der Waals surface area contributed by atoms with Crippen LogP contribution in [-0.2, 0) is 16.1 Å². The van der Waals surface area contributed by atoms with E-state index in [1.54, 1.807) is 6.07 Å². The molecule has 0 unspecified atom stereocenters. The summed E-state index contributed by atoms with van der Waals surface area (Å²) in [5, 5.41) is 4.73. The first-order valence-corrected chi connectivity index (χ1v) is 6.32. The van der Waals surface area contributed by atoms with Crippen molar-refractivity contribution < 1.29 is 27.5 Å². The van der Waals surface area contributed by atoms with Crippen LogP contribution in [-0.4, -0.2) is 37.7 Å². The third kappa shape index (κ3) is 8.89. The van der Waals surface area contributed by atoms with Crippen LogP contribution in [0.15, 0.2) is 24.3 Å². The normalized spacial score (nSPS) is 10.4. The van der Waals surface area contributed by atoms with Crippen LogP contribution in [0, 0.1) is 0 Å². The highest BCUT2D eigenvalue weighted by molar-refractivity contribution is 5.85. The van der Waals surface area contributed by atoms with Crippen molar-refractivity contribution >= 4 is 24.2 Å². The SMILES string of the molecule is Cl.NCC(=O)NCC(=O)NCc1ccccc1OCC(F)(F)F. The molecule has 0 aliphatic carbocycles. The Kier molecular flexibility index (Phi) is 9.04. The molecule has 1 aromatic carbocycles. The van der Waals surface area contributed by atoms with Crippen molar-refractivity contribution in [1.29, 1.82) is 0 Å². The van der Waals surface area contributed by atoms with E-state index in [1.165, 1.54) is 18.2 Å². The number of nitrogens with two attached hydrogens (primary N) is 1. The average Bonchev–Trinajstić information content (AvgIpc) is 2.48. The molecule has 130 valence electrons. The van der Waals surface area contributed by atoms with Crippen molar-refractivity contribution in [2.75, 3.05) is 19.7 Å². The van der Waals surface area contributed by atoms with E-state index >= 15 is 0 Å². The largest absolute Gasteiger partial charge is 0.484 e. The molecule has 2 amide bonds. The number of hydrogen-bond donors (Lipinski definition) is 3. The molecule has 1 aromatic rings. The number of amides is 2. The molecule has 1 rings (SSSR count). The second-order valence-corrected chi connectivity index (χ2v) is 4.27. The molecule has 0 aromatic heterocycles. The average molecular weight is 356 g/mol. The number of rotatable bonds is 7. The van der Waals surface area contributed by atoms with Gasteiger partial charge in [-0.05, 0) is 6.07 Å². The van der Waals surface area contributed by atoms with E-state index in [0.717, 1.165) is 0 Å². The zero-order valence-corrected chi connectivity index (χ0v) is 12.8. The number of carbonyl (C=O) groups is 2. The summed E-state index contributed by atoms with van der Waals surface area (Å²) >= 11 is 0. The highest BCUT2D eigenvalue weighted by Crippen LogP contribution is 2.21. The third-order valence-corrected chi connectivity index (χ3v) is 2.47. The Hall–Kier alpha value is -2.00. The number of alkyl halides is 3. The van der Waals surface area contributed by atoms with E-state index in [-0.39, 0.29) is 37.8 Å². The molecule has 0 bridgehead atoms. The number of carbonyl (C=O) groups excluding carboxylic acids is 2. The first-order chi connectivity index (χ1) is 10.3. The molecule has 23 heavy (non-hydrogen) atoms. The van der Waals surface area contributed by atoms with E-state index in [1.807, 2.05) is 0 Å². The van der Waals surface area contributed by atoms with Crippen molar-refractivity contribution in [3.05, 3.63) is 29.8 Å². The Morgan fingerprint density at radius 3 is 2.39 bits per heavy atom. The quantitative estimate of drug-likeness (QED) is 0.672. The van der Waals surface area contributed by atoms with Gasteiger partial charge in [0.05, 0.1) is 13.1 Å². The second-order valence-electron chi connectivity index (χ2n) is 4.27. The zero-order chi connectivity index (χ0) is 16.6. The van der Waals surface area contributed by atoms with E-state index in [4.69, 9.17) is 5.73 Å². The van der Waals surface area contributed by atoms with Gasteiger partial charge in [-0.1, -0.05) is 18.2 Å². The molecule has 0 fully saturated rings. The van der Waals surface area contributed by atoms with Crippen molar-refractivity contribution in [2.24, 2.45) is 5.73 Å². The zero-order valence-electron chi connectivity index (χ0n) is 12.0. The van der Waals surface area contributed by atoms with Crippen LogP contribution in [0.25, 0.3) is 0 Å². The van der Waals surface area contributed by atoms with Crippen LogP contribution in [0.5, 0.6) is 5.75 Å². The molecule has 6 nitrogen and oxygen atoms in total. The van der Waals surface area contributed by atoms with Crippen molar-refractivity contribution in [2.45, 2.75) is 12.7 Å². The Bertz CT molecular complexity index is 527.